The highest BCUT2D eigenvalue weighted by Gasteiger charge is 2.19. The number of piperazine rings is 1. The number of nitrogens with one attached hydrogen (secondary N) is 1. The molecule has 1 fully saturated rings. The van der Waals surface area contributed by atoms with Gasteiger partial charge in [-0.15, -0.1) is 0 Å². The summed E-state index contributed by atoms with van der Waals surface area (Å²) in [7, 11) is 0. The Morgan fingerprint density at radius 2 is 1.72 bits per heavy atom. The molecule has 0 aliphatic carbocycles. The molecule has 1 saturated heterocycles. The fourth-order valence-corrected chi connectivity index (χ4v) is 3.24. The van der Waals surface area contributed by atoms with Crippen LogP contribution in [-0.2, 0) is 13.1 Å². The van der Waals surface area contributed by atoms with E-state index in [9.17, 15) is 4.39 Å². The van der Waals surface area contributed by atoms with Crippen molar-refractivity contribution in [1.82, 2.24) is 29.9 Å². The number of halogens is 1. The van der Waals surface area contributed by atoms with Crippen LogP contribution in [0.1, 0.15) is 17.3 Å². The van der Waals surface area contributed by atoms with Gasteiger partial charge < -0.3 is 15.6 Å². The number of anilines is 3. The van der Waals surface area contributed by atoms with Crippen molar-refractivity contribution in [3.05, 3.63) is 53.4 Å². The Balaban J connectivity index is 1.33. The molecule has 9 nitrogen and oxygen atoms in total. The van der Waals surface area contributed by atoms with Crippen LogP contribution in [0.5, 0.6) is 0 Å². The van der Waals surface area contributed by atoms with E-state index in [1.165, 1.54) is 12.1 Å². The summed E-state index contributed by atoms with van der Waals surface area (Å²) < 4.78 is 18.4. The molecule has 3 heterocycles. The van der Waals surface area contributed by atoms with Gasteiger partial charge in [0.1, 0.15) is 11.6 Å². The van der Waals surface area contributed by atoms with Crippen LogP contribution in [0.15, 0.2) is 34.9 Å². The van der Waals surface area contributed by atoms with Gasteiger partial charge in [-0.25, -0.2) is 4.39 Å². The highest BCUT2D eigenvalue weighted by molar-refractivity contribution is 5.53. The van der Waals surface area contributed by atoms with Gasteiger partial charge in [-0.3, -0.25) is 9.80 Å². The summed E-state index contributed by atoms with van der Waals surface area (Å²) >= 11 is 0. The summed E-state index contributed by atoms with van der Waals surface area (Å²) in [4.78, 5) is 17.4. The second-order valence-corrected chi connectivity index (χ2v) is 7.05. The van der Waals surface area contributed by atoms with Crippen molar-refractivity contribution in [2.45, 2.75) is 20.0 Å². The lowest BCUT2D eigenvalue weighted by atomic mass is 10.3. The highest BCUT2D eigenvalue weighted by Crippen LogP contribution is 2.15. The molecule has 4 rings (SSSR count). The van der Waals surface area contributed by atoms with Gasteiger partial charge in [0.05, 0.1) is 18.8 Å². The summed E-state index contributed by atoms with van der Waals surface area (Å²) in [5.74, 6) is 1.68. The Hall–Kier alpha value is -3.11. The van der Waals surface area contributed by atoms with Crippen LogP contribution in [0.2, 0.25) is 0 Å². The summed E-state index contributed by atoms with van der Waals surface area (Å²) in [6.07, 6.45) is 0. The first-order chi connectivity index (χ1) is 14.0. The van der Waals surface area contributed by atoms with Crippen molar-refractivity contribution in [1.29, 1.82) is 0 Å². The first kappa shape index (κ1) is 19.2. The van der Waals surface area contributed by atoms with Gasteiger partial charge in [-0.2, -0.15) is 15.0 Å². The van der Waals surface area contributed by atoms with Gasteiger partial charge in [-0.1, -0.05) is 5.16 Å². The number of aryl methyl sites for hydroxylation is 1. The van der Waals surface area contributed by atoms with Crippen LogP contribution in [0.4, 0.5) is 22.0 Å². The summed E-state index contributed by atoms with van der Waals surface area (Å²) in [5, 5.41) is 6.97. The third-order valence-corrected chi connectivity index (χ3v) is 4.69. The minimum atomic E-state index is -0.302. The molecule has 1 aliphatic heterocycles. The predicted molar refractivity (Wildman–Crippen MR) is 106 cm³/mol. The molecular weight excluding hydrogens is 375 g/mol. The van der Waals surface area contributed by atoms with E-state index >= 15 is 0 Å². The lowest BCUT2D eigenvalue weighted by Gasteiger charge is -2.33. The maximum Gasteiger partial charge on any atom is 0.232 e. The molecule has 29 heavy (non-hydrogen) atoms. The van der Waals surface area contributed by atoms with Crippen LogP contribution < -0.4 is 11.1 Å². The minimum Gasteiger partial charge on any atom is -0.368 e. The Kier molecular flexibility index (Phi) is 5.63. The fourth-order valence-electron chi connectivity index (χ4n) is 3.24. The number of nitrogens with zero attached hydrogens (tertiary/aromatic N) is 6. The molecule has 2 aromatic heterocycles. The summed E-state index contributed by atoms with van der Waals surface area (Å²) in [5.41, 5.74) is 7.43. The molecule has 0 amide bonds. The molecule has 0 atom stereocenters. The van der Waals surface area contributed by atoms with Gasteiger partial charge in [0.25, 0.3) is 0 Å². The average molecular weight is 398 g/mol. The van der Waals surface area contributed by atoms with E-state index in [1.807, 2.05) is 13.0 Å². The van der Waals surface area contributed by atoms with Crippen LogP contribution in [0.25, 0.3) is 0 Å². The maximum absolute atomic E-state index is 13.1. The van der Waals surface area contributed by atoms with Crippen LogP contribution in [-0.4, -0.2) is 56.1 Å². The Morgan fingerprint density at radius 1 is 1.03 bits per heavy atom. The molecule has 3 N–H and O–H groups in total. The van der Waals surface area contributed by atoms with Crippen molar-refractivity contribution in [3.63, 3.8) is 0 Å². The van der Waals surface area contributed by atoms with E-state index in [0.29, 0.717) is 24.0 Å². The first-order valence-electron chi connectivity index (χ1n) is 9.43. The van der Waals surface area contributed by atoms with Gasteiger partial charge in [-0.05, 0) is 31.2 Å². The first-order valence-corrected chi connectivity index (χ1v) is 9.43. The number of hydrogen-bond acceptors (Lipinski definition) is 9. The van der Waals surface area contributed by atoms with Crippen molar-refractivity contribution in [2.24, 2.45) is 0 Å². The zero-order chi connectivity index (χ0) is 20.2. The molecule has 0 unspecified atom stereocenters. The Bertz CT molecular complexity index is 953. The zero-order valence-electron chi connectivity index (χ0n) is 16.2. The van der Waals surface area contributed by atoms with Gasteiger partial charge in [0, 0.05) is 37.9 Å². The van der Waals surface area contributed by atoms with E-state index < -0.39 is 0 Å². The smallest absolute Gasteiger partial charge is 0.232 e. The second kappa shape index (κ2) is 8.50. The molecule has 10 heteroatoms. The molecule has 3 aromatic rings. The van der Waals surface area contributed by atoms with Gasteiger partial charge in [0.15, 0.2) is 5.76 Å². The quantitative estimate of drug-likeness (QED) is 0.644. The van der Waals surface area contributed by atoms with E-state index in [1.54, 1.807) is 12.1 Å². The number of nitrogen functional groups attached to an aromatic ring is 1. The largest absolute Gasteiger partial charge is 0.368 e. The van der Waals surface area contributed by atoms with Crippen molar-refractivity contribution in [3.8, 4) is 0 Å². The fraction of sp³-hybridized carbons (Fsp3) is 0.368. The summed E-state index contributed by atoms with van der Waals surface area (Å²) in [6, 6.07) is 7.94. The predicted octanol–water partition coefficient (Wildman–Crippen LogP) is 1.95. The van der Waals surface area contributed by atoms with Crippen molar-refractivity contribution < 1.29 is 8.91 Å². The third kappa shape index (κ3) is 5.24. The van der Waals surface area contributed by atoms with E-state index in [2.05, 4.69) is 35.2 Å². The number of hydrogen-bond donors (Lipinski definition) is 2. The average Bonchev–Trinajstić information content (AvgIpc) is 3.09. The number of nitrogens with two attached hydrogens (primary N) is 1. The van der Waals surface area contributed by atoms with E-state index in [0.717, 1.165) is 44.2 Å². The van der Waals surface area contributed by atoms with Crippen LogP contribution >= 0.6 is 0 Å². The van der Waals surface area contributed by atoms with E-state index in [-0.39, 0.29) is 11.8 Å². The normalized spacial score (nSPS) is 15.5. The Morgan fingerprint density at radius 3 is 2.38 bits per heavy atom. The lowest BCUT2D eigenvalue weighted by molar-refractivity contribution is 0.112. The van der Waals surface area contributed by atoms with Crippen LogP contribution in [0.3, 0.4) is 0 Å². The van der Waals surface area contributed by atoms with E-state index in [4.69, 9.17) is 10.3 Å². The molecule has 0 bridgehead atoms. The van der Waals surface area contributed by atoms with Gasteiger partial charge >= 0.3 is 0 Å². The highest BCUT2D eigenvalue weighted by atomic mass is 19.1. The van der Waals surface area contributed by atoms with Crippen molar-refractivity contribution in [2.75, 3.05) is 37.2 Å². The lowest BCUT2D eigenvalue weighted by Crippen LogP contribution is -2.45. The SMILES string of the molecule is Cc1cc(CN2CCN(Cc3nc(N)nc(Nc4ccc(F)cc4)n3)CC2)on1. The molecule has 0 spiro atoms. The second-order valence-electron chi connectivity index (χ2n) is 7.05. The number of benzene rings is 1. The van der Waals surface area contributed by atoms with Gasteiger partial charge in [0.2, 0.25) is 11.9 Å². The number of aromatic nitrogens is 4. The number of rotatable bonds is 6. The topological polar surface area (TPSA) is 109 Å². The standard InChI is InChI=1S/C19H23FN8O/c1-13-10-16(29-26-13)11-27-6-8-28(9-7-27)12-17-23-18(21)25-19(24-17)22-15-4-2-14(20)3-5-15/h2-5,10H,6-9,11-12H2,1H3,(H3,21,22,23,24,25). The molecule has 152 valence electrons. The minimum absolute atomic E-state index is 0.152. The zero-order valence-corrected chi connectivity index (χ0v) is 16.2. The molecule has 1 aliphatic rings. The third-order valence-electron chi connectivity index (χ3n) is 4.69. The maximum atomic E-state index is 13.1. The molecule has 1 aromatic carbocycles. The van der Waals surface area contributed by atoms with Crippen molar-refractivity contribution >= 4 is 17.6 Å². The summed E-state index contributed by atoms with van der Waals surface area (Å²) in [6.45, 7) is 6.88. The molecule has 0 saturated carbocycles. The Labute approximate surface area is 167 Å². The molecular formula is C19H23FN8O. The van der Waals surface area contributed by atoms with Crippen LogP contribution in [0, 0.1) is 12.7 Å². The molecule has 0 radical (unpaired) electrons. The monoisotopic (exact) mass is 398 g/mol.